The van der Waals surface area contributed by atoms with Crippen molar-refractivity contribution in [3.8, 4) is 0 Å². The minimum Gasteiger partial charge on any atom is -0.469 e. The second kappa shape index (κ2) is 11.5. The molecular formula is C21H26IN3O3S2. The van der Waals surface area contributed by atoms with Crippen molar-refractivity contribution < 1.29 is 12.8 Å². The van der Waals surface area contributed by atoms with E-state index in [1.54, 1.807) is 30.6 Å². The maximum Gasteiger partial charge on any atom is 0.191 e. The molecule has 0 saturated heterocycles. The summed E-state index contributed by atoms with van der Waals surface area (Å²) in [6.45, 7) is 3.64. The van der Waals surface area contributed by atoms with Gasteiger partial charge in [-0.05, 0) is 47.7 Å². The molecule has 2 N–H and O–H groups in total. The first-order chi connectivity index (χ1) is 13.9. The van der Waals surface area contributed by atoms with Gasteiger partial charge in [0, 0.05) is 24.1 Å². The number of nitrogens with one attached hydrogen (secondary N) is 2. The lowest BCUT2D eigenvalue weighted by atomic mass is 10.1. The van der Waals surface area contributed by atoms with Gasteiger partial charge in [0.15, 0.2) is 15.8 Å². The lowest BCUT2D eigenvalue weighted by Crippen LogP contribution is -2.38. The fourth-order valence-corrected chi connectivity index (χ4v) is 4.52. The highest BCUT2D eigenvalue weighted by Crippen LogP contribution is 2.17. The van der Waals surface area contributed by atoms with Crippen LogP contribution in [0, 0.1) is 6.92 Å². The summed E-state index contributed by atoms with van der Waals surface area (Å²) in [5, 5.41) is 8.72. The van der Waals surface area contributed by atoms with Crippen LogP contribution in [0.3, 0.4) is 0 Å². The van der Waals surface area contributed by atoms with Crippen molar-refractivity contribution in [2.24, 2.45) is 4.99 Å². The predicted molar refractivity (Wildman–Crippen MR) is 132 cm³/mol. The highest BCUT2D eigenvalue weighted by Gasteiger charge is 2.11. The van der Waals surface area contributed by atoms with Crippen molar-refractivity contribution in [3.63, 3.8) is 0 Å². The zero-order chi connectivity index (χ0) is 20.7. The van der Waals surface area contributed by atoms with Crippen molar-refractivity contribution in [2.75, 3.05) is 12.8 Å². The van der Waals surface area contributed by atoms with Gasteiger partial charge in [0.05, 0.1) is 24.2 Å². The number of nitrogens with zero attached hydrogens (tertiary/aromatic N) is 1. The topological polar surface area (TPSA) is 83.7 Å². The molecular weight excluding hydrogens is 533 g/mol. The molecule has 162 valence electrons. The van der Waals surface area contributed by atoms with E-state index in [4.69, 9.17) is 4.42 Å². The second-order valence-corrected chi connectivity index (χ2v) is 9.74. The van der Waals surface area contributed by atoms with Gasteiger partial charge < -0.3 is 15.1 Å². The van der Waals surface area contributed by atoms with E-state index in [0.29, 0.717) is 30.5 Å². The Morgan fingerprint density at radius 2 is 2.00 bits per heavy atom. The zero-order valence-corrected chi connectivity index (χ0v) is 20.9. The van der Waals surface area contributed by atoms with E-state index in [1.807, 2.05) is 35.7 Å². The van der Waals surface area contributed by atoms with Crippen molar-refractivity contribution in [1.29, 1.82) is 0 Å². The largest absolute Gasteiger partial charge is 0.469 e. The van der Waals surface area contributed by atoms with Crippen LogP contribution in [0.15, 0.2) is 68.4 Å². The number of hydrogen-bond acceptors (Lipinski definition) is 5. The van der Waals surface area contributed by atoms with Crippen LogP contribution in [-0.2, 0) is 29.3 Å². The Morgan fingerprint density at radius 1 is 1.17 bits per heavy atom. The Morgan fingerprint density at radius 3 is 2.63 bits per heavy atom. The molecule has 0 atom stereocenters. The Kier molecular flexibility index (Phi) is 9.37. The fourth-order valence-electron chi connectivity index (χ4n) is 2.91. The molecule has 1 aromatic carbocycles. The smallest absolute Gasteiger partial charge is 0.191 e. The molecule has 0 radical (unpaired) electrons. The molecule has 0 unspecified atom stereocenters. The number of furan rings is 1. The molecule has 0 fully saturated rings. The monoisotopic (exact) mass is 559 g/mol. The molecule has 9 heteroatoms. The molecule has 0 aliphatic carbocycles. The summed E-state index contributed by atoms with van der Waals surface area (Å²) in [5.41, 5.74) is 1.69. The lowest BCUT2D eigenvalue weighted by Gasteiger charge is -2.12. The maximum atomic E-state index is 11.8. The van der Waals surface area contributed by atoms with E-state index >= 15 is 0 Å². The molecule has 0 amide bonds. The van der Waals surface area contributed by atoms with Gasteiger partial charge in [-0.1, -0.05) is 18.2 Å². The van der Waals surface area contributed by atoms with Crippen LogP contribution in [0.1, 0.15) is 21.8 Å². The number of benzene rings is 1. The summed E-state index contributed by atoms with van der Waals surface area (Å²) in [4.78, 5) is 6.24. The van der Waals surface area contributed by atoms with Gasteiger partial charge in [0.2, 0.25) is 0 Å². The molecule has 2 aromatic heterocycles. The minimum absolute atomic E-state index is 0. The van der Waals surface area contributed by atoms with Gasteiger partial charge in [-0.2, -0.15) is 0 Å². The standard InChI is InChI=1S/C21H25N3O3S2.HI/c1-16-13-17(7-8-20(16)29(2,25)26)14-23-21(24-15-19-6-4-12-28-19)22-10-9-18-5-3-11-27-18;/h3-8,11-13H,9-10,14-15H2,1-2H3,(H2,22,23,24);1H. The summed E-state index contributed by atoms with van der Waals surface area (Å²) in [6, 6.07) is 13.3. The number of rotatable bonds is 8. The molecule has 0 saturated carbocycles. The molecule has 3 rings (SSSR count). The molecule has 0 aliphatic rings. The average molecular weight is 559 g/mol. The first-order valence-corrected chi connectivity index (χ1v) is 12.1. The second-order valence-electron chi connectivity index (χ2n) is 6.73. The fraction of sp³-hybridized carbons (Fsp3) is 0.286. The summed E-state index contributed by atoms with van der Waals surface area (Å²) in [6.07, 6.45) is 3.65. The summed E-state index contributed by atoms with van der Waals surface area (Å²) in [7, 11) is -3.22. The molecule has 30 heavy (non-hydrogen) atoms. The Balaban J connectivity index is 0.00000320. The number of halogens is 1. The summed E-state index contributed by atoms with van der Waals surface area (Å²) >= 11 is 1.69. The van der Waals surface area contributed by atoms with Crippen molar-refractivity contribution in [1.82, 2.24) is 10.6 Å². The van der Waals surface area contributed by atoms with Gasteiger partial charge in [-0.3, -0.25) is 0 Å². The van der Waals surface area contributed by atoms with E-state index in [0.717, 1.165) is 23.3 Å². The minimum atomic E-state index is -3.22. The Bertz CT molecular complexity index is 1050. The van der Waals surface area contributed by atoms with Gasteiger partial charge in [-0.25, -0.2) is 13.4 Å². The highest BCUT2D eigenvalue weighted by atomic mass is 127. The van der Waals surface area contributed by atoms with Gasteiger partial charge in [0.25, 0.3) is 0 Å². The number of aliphatic imine (C=N–C) groups is 1. The van der Waals surface area contributed by atoms with E-state index in [1.165, 1.54) is 11.1 Å². The van der Waals surface area contributed by atoms with Crippen LogP contribution in [0.25, 0.3) is 0 Å². The number of thiophene rings is 1. The zero-order valence-electron chi connectivity index (χ0n) is 16.9. The van der Waals surface area contributed by atoms with Crippen LogP contribution < -0.4 is 10.6 Å². The summed E-state index contributed by atoms with van der Waals surface area (Å²) < 4.78 is 28.9. The van der Waals surface area contributed by atoms with Gasteiger partial charge >= 0.3 is 0 Å². The van der Waals surface area contributed by atoms with Crippen LogP contribution in [0.5, 0.6) is 0 Å². The van der Waals surface area contributed by atoms with Crippen molar-refractivity contribution >= 4 is 51.1 Å². The third kappa shape index (κ3) is 7.44. The number of hydrogen-bond donors (Lipinski definition) is 2. The molecule has 3 aromatic rings. The third-order valence-corrected chi connectivity index (χ3v) is 6.45. The average Bonchev–Trinajstić information content (AvgIpc) is 3.36. The van der Waals surface area contributed by atoms with Gasteiger partial charge in [-0.15, -0.1) is 35.3 Å². The lowest BCUT2D eigenvalue weighted by molar-refractivity contribution is 0.506. The molecule has 0 aliphatic heterocycles. The van der Waals surface area contributed by atoms with E-state index in [-0.39, 0.29) is 24.0 Å². The highest BCUT2D eigenvalue weighted by molar-refractivity contribution is 14.0. The number of guanidine groups is 1. The van der Waals surface area contributed by atoms with E-state index in [2.05, 4.69) is 21.7 Å². The quantitative estimate of drug-likeness (QED) is 0.246. The molecule has 2 heterocycles. The van der Waals surface area contributed by atoms with Crippen LogP contribution in [-0.4, -0.2) is 27.2 Å². The predicted octanol–water partition coefficient (Wildman–Crippen LogP) is 4.15. The Labute approximate surface area is 198 Å². The normalized spacial score (nSPS) is 11.7. The van der Waals surface area contributed by atoms with Crippen LogP contribution in [0.4, 0.5) is 0 Å². The molecule has 0 bridgehead atoms. The van der Waals surface area contributed by atoms with E-state index < -0.39 is 9.84 Å². The van der Waals surface area contributed by atoms with Crippen molar-refractivity contribution in [3.05, 3.63) is 75.9 Å². The number of sulfone groups is 1. The molecule has 0 spiro atoms. The molecule has 6 nitrogen and oxygen atoms in total. The van der Waals surface area contributed by atoms with Crippen molar-refractivity contribution in [2.45, 2.75) is 31.3 Å². The maximum absolute atomic E-state index is 11.8. The number of aryl methyl sites for hydroxylation is 1. The van der Waals surface area contributed by atoms with Crippen LogP contribution in [0.2, 0.25) is 0 Å². The SMILES string of the molecule is Cc1cc(CN=C(NCCc2ccco2)NCc2cccs2)ccc1S(C)(=O)=O.I. The first-order valence-electron chi connectivity index (χ1n) is 9.28. The third-order valence-electron chi connectivity index (χ3n) is 4.31. The first kappa shape index (κ1) is 24.4. The van der Waals surface area contributed by atoms with Gasteiger partial charge in [0.1, 0.15) is 5.76 Å². The Hall–Kier alpha value is -1.85. The summed E-state index contributed by atoms with van der Waals surface area (Å²) in [5.74, 6) is 1.62. The van der Waals surface area contributed by atoms with E-state index in [9.17, 15) is 8.42 Å². The van der Waals surface area contributed by atoms with Crippen LogP contribution >= 0.6 is 35.3 Å².